The van der Waals surface area contributed by atoms with Gasteiger partial charge in [-0.3, -0.25) is 0 Å². The van der Waals surface area contributed by atoms with E-state index >= 15 is 0 Å². The van der Waals surface area contributed by atoms with Gasteiger partial charge in [-0.25, -0.2) is 17.5 Å². The second-order valence-corrected chi connectivity index (χ2v) is 6.56. The molecule has 4 nitrogen and oxygen atoms in total. The number of para-hydroxylation sites is 1. The largest absolute Gasteiger partial charge is 0.380 e. The zero-order valence-electron chi connectivity index (χ0n) is 11.2. The van der Waals surface area contributed by atoms with Gasteiger partial charge in [-0.2, -0.15) is 0 Å². The maximum Gasteiger partial charge on any atom is 0.242 e. The Morgan fingerprint density at radius 2 is 1.90 bits per heavy atom. The van der Waals surface area contributed by atoms with E-state index in [1.165, 1.54) is 25.2 Å². The van der Waals surface area contributed by atoms with Crippen LogP contribution in [0.15, 0.2) is 47.4 Å². The van der Waals surface area contributed by atoms with Crippen LogP contribution >= 0.6 is 11.6 Å². The van der Waals surface area contributed by atoms with Crippen LogP contribution in [0.5, 0.6) is 0 Å². The van der Waals surface area contributed by atoms with Crippen molar-refractivity contribution in [1.29, 1.82) is 0 Å². The average Bonchev–Trinajstić information content (AvgIpc) is 2.46. The summed E-state index contributed by atoms with van der Waals surface area (Å²) in [6.07, 6.45) is 0. The Morgan fingerprint density at radius 3 is 2.57 bits per heavy atom. The van der Waals surface area contributed by atoms with E-state index in [1.807, 2.05) is 0 Å². The van der Waals surface area contributed by atoms with Crippen molar-refractivity contribution in [3.63, 3.8) is 0 Å². The molecule has 0 amide bonds. The fourth-order valence-electron chi connectivity index (χ4n) is 1.81. The molecule has 0 aliphatic carbocycles. The maximum atomic E-state index is 13.0. The molecule has 0 fully saturated rings. The number of hydrogen-bond donors (Lipinski definition) is 2. The number of rotatable bonds is 5. The minimum absolute atomic E-state index is 0.144. The molecule has 0 aromatic heterocycles. The highest BCUT2D eigenvalue weighted by molar-refractivity contribution is 7.89. The van der Waals surface area contributed by atoms with Crippen LogP contribution in [0.25, 0.3) is 0 Å². The van der Waals surface area contributed by atoms with Gasteiger partial charge in [0.05, 0.1) is 5.69 Å². The van der Waals surface area contributed by atoms with Crippen LogP contribution in [0.1, 0.15) is 5.56 Å². The van der Waals surface area contributed by atoms with Crippen LogP contribution in [0.2, 0.25) is 5.02 Å². The Balaban J connectivity index is 2.25. The van der Waals surface area contributed by atoms with Crippen molar-refractivity contribution in [2.45, 2.75) is 11.4 Å². The van der Waals surface area contributed by atoms with Gasteiger partial charge in [-0.05, 0) is 36.9 Å². The van der Waals surface area contributed by atoms with Crippen LogP contribution in [-0.2, 0) is 16.6 Å². The fraction of sp³-hybridized carbons (Fsp3) is 0.143. The van der Waals surface area contributed by atoms with Gasteiger partial charge in [-0.15, -0.1) is 0 Å². The Bertz CT molecular complexity index is 750. The second-order valence-electron chi connectivity index (χ2n) is 4.29. The molecule has 0 aliphatic rings. The van der Waals surface area contributed by atoms with E-state index in [4.69, 9.17) is 11.6 Å². The first kappa shape index (κ1) is 15.8. The number of sulfonamides is 1. The molecule has 0 unspecified atom stereocenters. The Kier molecular flexibility index (Phi) is 4.82. The maximum absolute atomic E-state index is 13.0. The summed E-state index contributed by atoms with van der Waals surface area (Å²) in [5, 5.41) is 3.29. The first-order chi connectivity index (χ1) is 9.94. The molecule has 0 spiro atoms. The Labute approximate surface area is 128 Å². The molecule has 112 valence electrons. The molecule has 2 aromatic carbocycles. The molecule has 0 radical (unpaired) electrons. The summed E-state index contributed by atoms with van der Waals surface area (Å²) in [6.45, 7) is 0.287. The molecule has 0 bridgehead atoms. The van der Waals surface area contributed by atoms with Crippen LogP contribution in [-0.4, -0.2) is 15.5 Å². The van der Waals surface area contributed by atoms with Gasteiger partial charge in [0.2, 0.25) is 10.0 Å². The van der Waals surface area contributed by atoms with Crippen LogP contribution in [0.4, 0.5) is 10.1 Å². The van der Waals surface area contributed by atoms with E-state index in [1.54, 1.807) is 24.3 Å². The van der Waals surface area contributed by atoms with Gasteiger partial charge >= 0.3 is 0 Å². The Morgan fingerprint density at radius 1 is 1.19 bits per heavy atom. The highest BCUT2D eigenvalue weighted by atomic mass is 35.5. The lowest BCUT2D eigenvalue weighted by Gasteiger charge is -2.12. The monoisotopic (exact) mass is 328 g/mol. The number of benzene rings is 2. The lowest BCUT2D eigenvalue weighted by atomic mass is 10.2. The summed E-state index contributed by atoms with van der Waals surface area (Å²) in [7, 11) is -2.21. The normalized spacial score (nSPS) is 11.4. The first-order valence-electron chi connectivity index (χ1n) is 6.14. The molecule has 2 rings (SSSR count). The highest BCUT2D eigenvalue weighted by Gasteiger charge is 2.15. The smallest absolute Gasteiger partial charge is 0.242 e. The molecule has 0 atom stereocenters. The van der Waals surface area contributed by atoms with Gasteiger partial charge in [0.25, 0.3) is 0 Å². The highest BCUT2D eigenvalue weighted by Crippen LogP contribution is 2.23. The minimum atomic E-state index is -3.56. The van der Waals surface area contributed by atoms with Gasteiger partial charge in [0, 0.05) is 11.6 Å². The van der Waals surface area contributed by atoms with Gasteiger partial charge in [-0.1, -0.05) is 29.8 Å². The van der Waals surface area contributed by atoms with Crippen molar-refractivity contribution in [1.82, 2.24) is 4.72 Å². The van der Waals surface area contributed by atoms with E-state index in [-0.39, 0.29) is 16.5 Å². The number of anilines is 1. The number of hydrogen-bond acceptors (Lipinski definition) is 3. The van der Waals surface area contributed by atoms with Gasteiger partial charge < -0.3 is 5.32 Å². The third kappa shape index (κ3) is 3.72. The molecule has 7 heteroatoms. The van der Waals surface area contributed by atoms with E-state index in [0.29, 0.717) is 11.3 Å². The fourth-order valence-corrected chi connectivity index (χ4v) is 2.95. The topological polar surface area (TPSA) is 58.2 Å². The van der Waals surface area contributed by atoms with Crippen molar-refractivity contribution in [3.05, 3.63) is 58.9 Å². The molecular weight excluding hydrogens is 315 g/mol. The lowest BCUT2D eigenvalue weighted by molar-refractivity contribution is 0.588. The Hall–Kier alpha value is -1.63. The predicted molar refractivity (Wildman–Crippen MR) is 81.4 cm³/mol. The molecule has 0 saturated heterocycles. The van der Waals surface area contributed by atoms with Crippen molar-refractivity contribution in [2.75, 3.05) is 12.4 Å². The molecule has 2 N–H and O–H groups in total. The van der Waals surface area contributed by atoms with Gasteiger partial charge in [0.15, 0.2) is 0 Å². The third-order valence-electron chi connectivity index (χ3n) is 2.93. The van der Waals surface area contributed by atoms with Crippen molar-refractivity contribution in [3.8, 4) is 0 Å². The van der Waals surface area contributed by atoms with Crippen molar-refractivity contribution in [2.24, 2.45) is 0 Å². The van der Waals surface area contributed by atoms with Crippen molar-refractivity contribution >= 4 is 27.3 Å². The summed E-state index contributed by atoms with van der Waals surface area (Å²) in [5.74, 6) is -0.415. The molecule has 0 saturated carbocycles. The van der Waals surface area contributed by atoms with Crippen LogP contribution < -0.4 is 10.0 Å². The molecule has 0 aliphatic heterocycles. The summed E-state index contributed by atoms with van der Waals surface area (Å²) < 4.78 is 39.1. The van der Waals surface area contributed by atoms with Gasteiger partial charge in [0.1, 0.15) is 10.7 Å². The zero-order valence-corrected chi connectivity index (χ0v) is 12.8. The first-order valence-corrected chi connectivity index (χ1v) is 8.00. The van der Waals surface area contributed by atoms with E-state index in [2.05, 4.69) is 10.0 Å². The predicted octanol–water partition coefficient (Wildman–Crippen LogP) is 3.00. The molecule has 0 heterocycles. The number of halogens is 2. The summed E-state index contributed by atoms with van der Waals surface area (Å²) in [6, 6.07) is 10.6. The zero-order chi connectivity index (χ0) is 15.5. The van der Waals surface area contributed by atoms with Crippen LogP contribution in [0, 0.1) is 5.82 Å². The molecule has 21 heavy (non-hydrogen) atoms. The second kappa shape index (κ2) is 6.43. The molecular formula is C14H14ClFN2O2S. The average molecular weight is 329 g/mol. The SMILES string of the molecule is CNS(=O)(=O)c1ccccc1NCc1ccc(F)cc1Cl. The summed E-state index contributed by atoms with van der Waals surface area (Å²) >= 11 is 5.94. The summed E-state index contributed by atoms with van der Waals surface area (Å²) in [5.41, 5.74) is 1.13. The lowest BCUT2D eigenvalue weighted by Crippen LogP contribution is -2.20. The molecule has 2 aromatic rings. The van der Waals surface area contributed by atoms with E-state index in [9.17, 15) is 12.8 Å². The standard InChI is InChI=1S/C14H14ClFN2O2S/c1-17-21(19,20)14-5-3-2-4-13(14)18-9-10-6-7-11(16)8-12(10)15/h2-8,17-18H,9H2,1H3. The van der Waals surface area contributed by atoms with E-state index in [0.717, 1.165) is 0 Å². The van der Waals surface area contributed by atoms with E-state index < -0.39 is 15.8 Å². The quantitative estimate of drug-likeness (QED) is 0.887. The van der Waals surface area contributed by atoms with Crippen molar-refractivity contribution < 1.29 is 12.8 Å². The summed E-state index contributed by atoms with van der Waals surface area (Å²) in [4.78, 5) is 0.144. The third-order valence-corrected chi connectivity index (χ3v) is 4.75. The number of nitrogens with one attached hydrogen (secondary N) is 2. The van der Waals surface area contributed by atoms with Crippen LogP contribution in [0.3, 0.4) is 0 Å². The minimum Gasteiger partial charge on any atom is -0.380 e.